The maximum atomic E-state index is 12.3. The van der Waals surface area contributed by atoms with Gasteiger partial charge in [-0.25, -0.2) is 4.68 Å². The van der Waals surface area contributed by atoms with E-state index in [1.54, 1.807) is 18.2 Å². The number of ketones is 1. The number of rotatable bonds is 4. The first-order valence-corrected chi connectivity index (χ1v) is 5.54. The molecule has 0 fully saturated rings. The number of carbonyl (C=O) groups excluding carboxylic acids is 1. The molecule has 0 aliphatic carbocycles. The fourth-order valence-electron chi connectivity index (χ4n) is 1.73. The minimum atomic E-state index is -0.210. The Balaban J connectivity index is 2.47. The van der Waals surface area contributed by atoms with Gasteiger partial charge in [-0.2, -0.15) is 0 Å². The molecule has 0 aliphatic heterocycles. The van der Waals surface area contributed by atoms with Crippen LogP contribution in [-0.4, -0.2) is 27.9 Å². The fraction of sp³-hybridized carbons (Fsp3) is 0.250. The van der Waals surface area contributed by atoms with Crippen LogP contribution in [0.2, 0.25) is 0 Å². The van der Waals surface area contributed by atoms with E-state index in [1.807, 2.05) is 6.92 Å². The normalized spacial score (nSPS) is 10.3. The molecule has 1 aromatic carbocycles. The molecular weight excluding hydrogens is 232 g/mol. The van der Waals surface area contributed by atoms with Crippen molar-refractivity contribution in [2.75, 3.05) is 12.8 Å². The van der Waals surface area contributed by atoms with Gasteiger partial charge < -0.3 is 10.5 Å². The van der Waals surface area contributed by atoms with Crippen molar-refractivity contribution in [3.05, 3.63) is 35.7 Å². The van der Waals surface area contributed by atoms with Crippen molar-refractivity contribution in [3.8, 4) is 5.75 Å². The second-order valence-electron chi connectivity index (χ2n) is 3.69. The van der Waals surface area contributed by atoms with Crippen LogP contribution in [0.5, 0.6) is 5.75 Å². The van der Waals surface area contributed by atoms with Crippen LogP contribution in [-0.2, 0) is 6.54 Å². The van der Waals surface area contributed by atoms with Gasteiger partial charge in [0.1, 0.15) is 11.4 Å². The molecule has 0 spiro atoms. The number of aromatic nitrogens is 3. The lowest BCUT2D eigenvalue weighted by Gasteiger charge is -2.09. The van der Waals surface area contributed by atoms with Gasteiger partial charge in [-0.3, -0.25) is 4.79 Å². The van der Waals surface area contributed by atoms with Gasteiger partial charge in [0.2, 0.25) is 5.78 Å². The first-order valence-electron chi connectivity index (χ1n) is 5.54. The minimum Gasteiger partial charge on any atom is -0.495 e. The third kappa shape index (κ3) is 1.92. The molecule has 6 nitrogen and oxygen atoms in total. The monoisotopic (exact) mass is 246 g/mol. The molecule has 2 aromatic rings. The summed E-state index contributed by atoms with van der Waals surface area (Å²) in [5.74, 6) is 0.273. The van der Waals surface area contributed by atoms with E-state index in [-0.39, 0.29) is 5.78 Å². The van der Waals surface area contributed by atoms with E-state index in [0.29, 0.717) is 29.2 Å². The number of anilines is 1. The van der Waals surface area contributed by atoms with Crippen LogP contribution in [0.25, 0.3) is 0 Å². The number of carbonyl (C=O) groups is 1. The van der Waals surface area contributed by atoms with Crippen molar-refractivity contribution in [1.82, 2.24) is 15.0 Å². The van der Waals surface area contributed by atoms with Crippen LogP contribution in [0.1, 0.15) is 23.0 Å². The maximum absolute atomic E-state index is 12.3. The lowest BCUT2D eigenvalue weighted by atomic mass is 10.1. The van der Waals surface area contributed by atoms with Crippen LogP contribution in [0.3, 0.4) is 0 Å². The third-order valence-electron chi connectivity index (χ3n) is 2.68. The Labute approximate surface area is 104 Å². The molecular formula is C12H14N4O2. The van der Waals surface area contributed by atoms with Crippen molar-refractivity contribution in [2.24, 2.45) is 0 Å². The van der Waals surface area contributed by atoms with Crippen LogP contribution in [0.4, 0.5) is 5.69 Å². The first-order chi connectivity index (χ1) is 8.69. The molecule has 0 saturated heterocycles. The number of para-hydroxylation sites is 1. The number of hydrogen-bond donors (Lipinski definition) is 1. The molecule has 2 N–H and O–H groups in total. The maximum Gasteiger partial charge on any atom is 0.214 e. The van der Waals surface area contributed by atoms with Gasteiger partial charge in [0, 0.05) is 6.54 Å². The lowest BCUT2D eigenvalue weighted by Crippen LogP contribution is -2.12. The summed E-state index contributed by atoms with van der Waals surface area (Å²) in [6, 6.07) is 5.09. The average Bonchev–Trinajstić information content (AvgIpc) is 2.86. The largest absolute Gasteiger partial charge is 0.495 e. The molecule has 0 saturated carbocycles. The van der Waals surface area contributed by atoms with Gasteiger partial charge >= 0.3 is 0 Å². The van der Waals surface area contributed by atoms with Crippen LogP contribution in [0, 0.1) is 0 Å². The van der Waals surface area contributed by atoms with Crippen molar-refractivity contribution in [2.45, 2.75) is 13.5 Å². The van der Waals surface area contributed by atoms with E-state index in [0.717, 1.165) is 0 Å². The summed E-state index contributed by atoms with van der Waals surface area (Å²) < 4.78 is 6.62. The SMILES string of the molecule is CCn1nncc1C(=O)c1cccc(OC)c1N. The summed E-state index contributed by atoms with van der Waals surface area (Å²) in [5.41, 5.74) is 7.03. The Kier molecular flexibility index (Phi) is 3.27. The second kappa shape index (κ2) is 4.87. The summed E-state index contributed by atoms with van der Waals surface area (Å²) >= 11 is 0. The number of methoxy groups -OCH3 is 1. The predicted molar refractivity (Wildman–Crippen MR) is 66.5 cm³/mol. The molecule has 2 rings (SSSR count). The summed E-state index contributed by atoms with van der Waals surface area (Å²) in [6.07, 6.45) is 1.44. The number of hydrogen-bond acceptors (Lipinski definition) is 5. The van der Waals surface area contributed by atoms with Crippen LogP contribution in [0.15, 0.2) is 24.4 Å². The summed E-state index contributed by atoms with van der Waals surface area (Å²) in [7, 11) is 1.51. The topological polar surface area (TPSA) is 83.0 Å². The lowest BCUT2D eigenvalue weighted by molar-refractivity contribution is 0.102. The second-order valence-corrected chi connectivity index (χ2v) is 3.69. The Morgan fingerprint density at radius 2 is 2.28 bits per heavy atom. The number of nitrogens with two attached hydrogens (primary N) is 1. The number of nitrogens with zero attached hydrogens (tertiary/aromatic N) is 3. The van der Waals surface area contributed by atoms with Crippen molar-refractivity contribution < 1.29 is 9.53 Å². The predicted octanol–water partition coefficient (Wildman–Crippen LogP) is 1.12. The van der Waals surface area contributed by atoms with E-state index in [1.165, 1.54) is 18.0 Å². The highest BCUT2D eigenvalue weighted by Crippen LogP contribution is 2.26. The molecule has 0 atom stereocenters. The van der Waals surface area contributed by atoms with Gasteiger partial charge in [0.15, 0.2) is 0 Å². The molecule has 94 valence electrons. The van der Waals surface area contributed by atoms with Crippen molar-refractivity contribution in [3.63, 3.8) is 0 Å². The zero-order valence-corrected chi connectivity index (χ0v) is 10.3. The Morgan fingerprint density at radius 3 is 2.94 bits per heavy atom. The quantitative estimate of drug-likeness (QED) is 0.645. The van der Waals surface area contributed by atoms with Gasteiger partial charge in [0.25, 0.3) is 0 Å². The van der Waals surface area contributed by atoms with Gasteiger partial charge in [-0.1, -0.05) is 11.3 Å². The Morgan fingerprint density at radius 1 is 1.50 bits per heavy atom. The van der Waals surface area contributed by atoms with E-state index in [9.17, 15) is 4.79 Å². The number of ether oxygens (including phenoxy) is 1. The fourth-order valence-corrected chi connectivity index (χ4v) is 1.73. The highest BCUT2D eigenvalue weighted by Gasteiger charge is 2.18. The number of aryl methyl sites for hydroxylation is 1. The number of nitrogen functional groups attached to an aromatic ring is 1. The molecule has 1 heterocycles. The van der Waals surface area contributed by atoms with E-state index in [4.69, 9.17) is 10.5 Å². The highest BCUT2D eigenvalue weighted by atomic mass is 16.5. The smallest absolute Gasteiger partial charge is 0.214 e. The van der Waals surface area contributed by atoms with Crippen molar-refractivity contribution in [1.29, 1.82) is 0 Å². The summed E-state index contributed by atoms with van der Waals surface area (Å²) in [5, 5.41) is 7.56. The zero-order valence-electron chi connectivity index (χ0n) is 10.3. The molecule has 18 heavy (non-hydrogen) atoms. The van der Waals surface area contributed by atoms with E-state index >= 15 is 0 Å². The molecule has 0 radical (unpaired) electrons. The number of benzene rings is 1. The minimum absolute atomic E-state index is 0.210. The molecule has 0 amide bonds. The Bertz CT molecular complexity index is 577. The summed E-state index contributed by atoms with van der Waals surface area (Å²) in [6.45, 7) is 2.46. The third-order valence-corrected chi connectivity index (χ3v) is 2.68. The summed E-state index contributed by atoms with van der Waals surface area (Å²) in [4.78, 5) is 12.3. The van der Waals surface area contributed by atoms with Gasteiger partial charge in [0.05, 0.1) is 24.6 Å². The standard InChI is InChI=1S/C12H14N4O2/c1-3-16-9(7-14-15-16)12(17)8-5-4-6-10(18-2)11(8)13/h4-7H,3,13H2,1-2H3. The average molecular weight is 246 g/mol. The van der Waals surface area contributed by atoms with Gasteiger partial charge in [-0.15, -0.1) is 5.10 Å². The van der Waals surface area contributed by atoms with E-state index in [2.05, 4.69) is 10.3 Å². The van der Waals surface area contributed by atoms with Crippen LogP contribution >= 0.6 is 0 Å². The highest BCUT2D eigenvalue weighted by molar-refractivity contribution is 6.11. The van der Waals surface area contributed by atoms with Crippen LogP contribution < -0.4 is 10.5 Å². The van der Waals surface area contributed by atoms with Crippen molar-refractivity contribution >= 4 is 11.5 Å². The molecule has 0 aliphatic rings. The zero-order chi connectivity index (χ0) is 13.1. The van der Waals surface area contributed by atoms with E-state index < -0.39 is 0 Å². The molecule has 1 aromatic heterocycles. The molecule has 0 bridgehead atoms. The van der Waals surface area contributed by atoms with Gasteiger partial charge in [-0.05, 0) is 19.1 Å². The molecule has 6 heteroatoms. The first kappa shape index (κ1) is 12.1. The Hall–Kier alpha value is -2.37. The molecule has 0 unspecified atom stereocenters.